The molecule has 0 aliphatic rings. The third kappa shape index (κ3) is 19.5. The Morgan fingerprint density at radius 2 is 1.17 bits per heavy atom. The first kappa shape index (κ1) is 22.6. The SMILES string of the molecule is COCCCCCCCCCCCCCCCC(N)CC(C)=O. The molecule has 0 aromatic rings. The summed E-state index contributed by atoms with van der Waals surface area (Å²) in [6.45, 7) is 2.55. The van der Waals surface area contributed by atoms with Gasteiger partial charge in [-0.2, -0.15) is 0 Å². The van der Waals surface area contributed by atoms with Crippen LogP contribution in [-0.2, 0) is 9.53 Å². The van der Waals surface area contributed by atoms with E-state index in [0.717, 1.165) is 13.0 Å². The summed E-state index contributed by atoms with van der Waals surface area (Å²) in [6.07, 6.45) is 19.0. The van der Waals surface area contributed by atoms with Gasteiger partial charge >= 0.3 is 0 Å². The molecule has 0 aliphatic carbocycles. The van der Waals surface area contributed by atoms with Crippen molar-refractivity contribution in [2.24, 2.45) is 5.73 Å². The highest BCUT2D eigenvalue weighted by Gasteiger charge is 2.04. The number of ether oxygens (including phenoxy) is 1. The second-order valence-electron chi connectivity index (χ2n) is 7.04. The lowest BCUT2D eigenvalue weighted by Crippen LogP contribution is -2.22. The van der Waals surface area contributed by atoms with Crippen molar-refractivity contribution in [2.75, 3.05) is 13.7 Å². The number of ketones is 1. The molecule has 3 heteroatoms. The molecule has 2 N–H and O–H groups in total. The second kappa shape index (κ2) is 17.9. The molecular weight excluding hydrogens is 286 g/mol. The van der Waals surface area contributed by atoms with E-state index in [4.69, 9.17) is 10.5 Å². The van der Waals surface area contributed by atoms with Gasteiger partial charge in [-0.05, 0) is 19.8 Å². The third-order valence-corrected chi connectivity index (χ3v) is 4.47. The first-order valence-electron chi connectivity index (χ1n) is 9.90. The van der Waals surface area contributed by atoms with Crippen LogP contribution >= 0.6 is 0 Å². The van der Waals surface area contributed by atoms with E-state index < -0.39 is 0 Å². The van der Waals surface area contributed by atoms with E-state index in [0.29, 0.717) is 6.42 Å². The predicted octanol–water partition coefficient (Wildman–Crippen LogP) is 5.40. The molecule has 0 spiro atoms. The molecule has 138 valence electrons. The Morgan fingerprint density at radius 1 is 0.783 bits per heavy atom. The largest absolute Gasteiger partial charge is 0.385 e. The van der Waals surface area contributed by atoms with E-state index in [2.05, 4.69) is 0 Å². The monoisotopic (exact) mass is 327 g/mol. The Bertz CT molecular complexity index is 256. The van der Waals surface area contributed by atoms with Crippen LogP contribution in [0.1, 0.15) is 103 Å². The zero-order chi connectivity index (χ0) is 17.2. The highest BCUT2D eigenvalue weighted by molar-refractivity contribution is 5.76. The summed E-state index contributed by atoms with van der Waals surface area (Å²) in [5, 5.41) is 0. The van der Waals surface area contributed by atoms with Crippen LogP contribution in [0.15, 0.2) is 0 Å². The Labute approximate surface area is 144 Å². The maximum absolute atomic E-state index is 10.9. The molecule has 0 fully saturated rings. The Hall–Kier alpha value is -0.410. The van der Waals surface area contributed by atoms with Crippen molar-refractivity contribution in [2.45, 2.75) is 109 Å². The van der Waals surface area contributed by atoms with Crippen molar-refractivity contribution in [3.8, 4) is 0 Å². The molecular formula is C20H41NO2. The van der Waals surface area contributed by atoms with Crippen LogP contribution in [0.3, 0.4) is 0 Å². The van der Waals surface area contributed by atoms with Crippen molar-refractivity contribution in [3.05, 3.63) is 0 Å². The number of rotatable bonds is 18. The van der Waals surface area contributed by atoms with Gasteiger partial charge in [0, 0.05) is 26.2 Å². The molecule has 0 saturated heterocycles. The summed E-state index contributed by atoms with van der Waals surface area (Å²) in [6, 6.07) is 0.0852. The standard InChI is InChI=1S/C20H41NO2/c1-19(22)18-20(21)16-14-12-10-8-6-4-3-5-7-9-11-13-15-17-23-2/h20H,3-18,21H2,1-2H3. The summed E-state index contributed by atoms with van der Waals surface area (Å²) in [7, 11) is 1.78. The summed E-state index contributed by atoms with van der Waals surface area (Å²) in [5.74, 6) is 0.215. The van der Waals surface area contributed by atoms with E-state index in [1.54, 1.807) is 14.0 Å². The lowest BCUT2D eigenvalue weighted by atomic mass is 10.0. The average Bonchev–Trinajstić information content (AvgIpc) is 2.50. The van der Waals surface area contributed by atoms with E-state index in [1.807, 2.05) is 0 Å². The third-order valence-electron chi connectivity index (χ3n) is 4.47. The van der Waals surface area contributed by atoms with Crippen LogP contribution in [0.25, 0.3) is 0 Å². The summed E-state index contributed by atoms with van der Waals surface area (Å²) >= 11 is 0. The van der Waals surface area contributed by atoms with Gasteiger partial charge in [-0.3, -0.25) is 4.79 Å². The molecule has 3 nitrogen and oxygen atoms in total. The van der Waals surface area contributed by atoms with Gasteiger partial charge in [0.15, 0.2) is 0 Å². The minimum Gasteiger partial charge on any atom is -0.385 e. The zero-order valence-corrected chi connectivity index (χ0v) is 15.8. The van der Waals surface area contributed by atoms with Gasteiger partial charge in [0.05, 0.1) is 0 Å². The molecule has 0 heterocycles. The summed E-state index contributed by atoms with van der Waals surface area (Å²) in [5.41, 5.74) is 5.90. The minimum absolute atomic E-state index is 0.0852. The van der Waals surface area contributed by atoms with E-state index in [1.165, 1.54) is 83.5 Å². The van der Waals surface area contributed by atoms with Crippen LogP contribution in [0, 0.1) is 0 Å². The predicted molar refractivity (Wildman–Crippen MR) is 99.8 cm³/mol. The van der Waals surface area contributed by atoms with Crippen molar-refractivity contribution in [1.82, 2.24) is 0 Å². The number of carbonyl (C=O) groups excluding carboxylic acids is 1. The number of Topliss-reactive ketones (excluding diaryl/α,β-unsaturated/α-hetero) is 1. The molecule has 0 radical (unpaired) electrons. The lowest BCUT2D eigenvalue weighted by Gasteiger charge is -2.08. The van der Waals surface area contributed by atoms with Gasteiger partial charge in [-0.25, -0.2) is 0 Å². The normalized spacial score (nSPS) is 12.5. The van der Waals surface area contributed by atoms with Gasteiger partial charge in [0.2, 0.25) is 0 Å². The fraction of sp³-hybridized carbons (Fsp3) is 0.950. The van der Waals surface area contributed by atoms with Gasteiger partial charge in [0.1, 0.15) is 5.78 Å². The molecule has 1 unspecified atom stereocenters. The molecule has 0 aromatic heterocycles. The van der Waals surface area contributed by atoms with Gasteiger partial charge in [0.25, 0.3) is 0 Å². The first-order chi connectivity index (χ1) is 11.2. The first-order valence-corrected chi connectivity index (χ1v) is 9.90. The van der Waals surface area contributed by atoms with Crippen molar-refractivity contribution in [3.63, 3.8) is 0 Å². The minimum atomic E-state index is 0.0852. The van der Waals surface area contributed by atoms with Crippen LogP contribution in [0.4, 0.5) is 0 Å². The van der Waals surface area contributed by atoms with E-state index in [-0.39, 0.29) is 11.8 Å². The molecule has 23 heavy (non-hydrogen) atoms. The smallest absolute Gasteiger partial charge is 0.131 e. The van der Waals surface area contributed by atoms with Gasteiger partial charge < -0.3 is 10.5 Å². The van der Waals surface area contributed by atoms with Gasteiger partial charge in [-0.1, -0.05) is 77.0 Å². The number of unbranched alkanes of at least 4 members (excludes halogenated alkanes) is 12. The summed E-state index contributed by atoms with van der Waals surface area (Å²) in [4.78, 5) is 10.9. The molecule has 0 bridgehead atoms. The molecule has 1 atom stereocenters. The maximum atomic E-state index is 10.9. The highest BCUT2D eigenvalue weighted by atomic mass is 16.5. The Balaban J connectivity index is 3.06. The number of carbonyl (C=O) groups is 1. The van der Waals surface area contributed by atoms with E-state index in [9.17, 15) is 4.79 Å². The Morgan fingerprint density at radius 3 is 1.57 bits per heavy atom. The van der Waals surface area contributed by atoms with Crippen LogP contribution < -0.4 is 5.73 Å². The van der Waals surface area contributed by atoms with Gasteiger partial charge in [-0.15, -0.1) is 0 Å². The average molecular weight is 328 g/mol. The Kier molecular flexibility index (Phi) is 17.6. The highest BCUT2D eigenvalue weighted by Crippen LogP contribution is 2.13. The fourth-order valence-corrected chi connectivity index (χ4v) is 3.07. The number of nitrogens with two attached hydrogens (primary N) is 1. The number of methoxy groups -OCH3 is 1. The molecule has 0 saturated carbocycles. The van der Waals surface area contributed by atoms with Crippen molar-refractivity contribution in [1.29, 1.82) is 0 Å². The van der Waals surface area contributed by atoms with Crippen LogP contribution in [0.2, 0.25) is 0 Å². The summed E-state index contributed by atoms with van der Waals surface area (Å²) < 4.78 is 5.06. The zero-order valence-electron chi connectivity index (χ0n) is 15.8. The van der Waals surface area contributed by atoms with Crippen molar-refractivity contribution >= 4 is 5.78 Å². The quantitative estimate of drug-likeness (QED) is 0.343. The van der Waals surface area contributed by atoms with Crippen LogP contribution in [-0.4, -0.2) is 25.5 Å². The maximum Gasteiger partial charge on any atom is 0.131 e. The van der Waals surface area contributed by atoms with Crippen molar-refractivity contribution < 1.29 is 9.53 Å². The lowest BCUT2D eigenvalue weighted by molar-refractivity contribution is -0.117. The second-order valence-corrected chi connectivity index (χ2v) is 7.04. The molecule has 0 rings (SSSR count). The molecule has 0 amide bonds. The fourth-order valence-electron chi connectivity index (χ4n) is 3.07. The molecule has 0 aromatic carbocycles. The molecule has 0 aliphatic heterocycles. The van der Waals surface area contributed by atoms with E-state index >= 15 is 0 Å². The number of hydrogen-bond acceptors (Lipinski definition) is 3. The number of hydrogen-bond donors (Lipinski definition) is 1. The topological polar surface area (TPSA) is 52.3 Å². The van der Waals surface area contributed by atoms with Crippen LogP contribution in [0.5, 0.6) is 0 Å².